The van der Waals surface area contributed by atoms with E-state index in [1.54, 1.807) is 7.11 Å². The molecular weight excluding hydrogens is 520 g/mol. The van der Waals surface area contributed by atoms with Crippen LogP contribution >= 0.6 is 63.7 Å². The van der Waals surface area contributed by atoms with E-state index in [9.17, 15) is 0 Å². The SMILES string of the molecule is COc1ccc(Br)cc1COc1c(Br)cc(Br)cc1Br. The Hall–Kier alpha value is -0.0400. The highest BCUT2D eigenvalue weighted by atomic mass is 79.9. The molecule has 0 atom stereocenters. The average Bonchev–Trinajstić information content (AvgIpc) is 2.37. The van der Waals surface area contributed by atoms with Crippen LogP contribution in [0.3, 0.4) is 0 Å². The summed E-state index contributed by atoms with van der Waals surface area (Å²) in [4.78, 5) is 0. The summed E-state index contributed by atoms with van der Waals surface area (Å²) in [6.07, 6.45) is 0. The highest BCUT2D eigenvalue weighted by molar-refractivity contribution is 9.11. The summed E-state index contributed by atoms with van der Waals surface area (Å²) in [7, 11) is 1.65. The summed E-state index contributed by atoms with van der Waals surface area (Å²) in [6.45, 7) is 0.418. The highest BCUT2D eigenvalue weighted by Gasteiger charge is 2.10. The molecule has 0 aliphatic rings. The Kier molecular flexibility index (Phi) is 5.95. The van der Waals surface area contributed by atoms with Crippen LogP contribution in [0.5, 0.6) is 11.5 Å². The van der Waals surface area contributed by atoms with Crippen molar-refractivity contribution < 1.29 is 9.47 Å². The molecule has 0 heterocycles. The second-order valence-electron chi connectivity index (χ2n) is 3.94. The van der Waals surface area contributed by atoms with Gasteiger partial charge in [0.1, 0.15) is 18.1 Å². The molecule has 0 saturated heterocycles. The minimum Gasteiger partial charge on any atom is -0.496 e. The molecule has 0 N–H and O–H groups in total. The quantitative estimate of drug-likeness (QED) is 0.461. The molecule has 106 valence electrons. The molecule has 0 saturated carbocycles. The van der Waals surface area contributed by atoms with Crippen molar-refractivity contribution in [3.8, 4) is 11.5 Å². The van der Waals surface area contributed by atoms with Crippen molar-refractivity contribution in [2.24, 2.45) is 0 Å². The van der Waals surface area contributed by atoms with E-state index in [1.165, 1.54) is 0 Å². The normalized spacial score (nSPS) is 10.4. The molecule has 0 spiro atoms. The van der Waals surface area contributed by atoms with Gasteiger partial charge in [0.2, 0.25) is 0 Å². The fourth-order valence-corrected chi connectivity index (χ4v) is 4.57. The summed E-state index contributed by atoms with van der Waals surface area (Å²) in [5.41, 5.74) is 0.976. The van der Waals surface area contributed by atoms with Gasteiger partial charge < -0.3 is 9.47 Å². The van der Waals surface area contributed by atoms with Gasteiger partial charge in [0, 0.05) is 14.5 Å². The largest absolute Gasteiger partial charge is 0.496 e. The first-order valence-corrected chi connectivity index (χ1v) is 8.78. The second kappa shape index (κ2) is 7.29. The van der Waals surface area contributed by atoms with Crippen molar-refractivity contribution in [1.82, 2.24) is 0 Å². The summed E-state index contributed by atoms with van der Waals surface area (Å²) < 4.78 is 15.0. The third-order valence-corrected chi connectivity index (χ3v) is 4.71. The molecule has 0 aliphatic heterocycles. The zero-order valence-electron chi connectivity index (χ0n) is 10.4. The van der Waals surface area contributed by atoms with Crippen LogP contribution in [0.1, 0.15) is 5.56 Å². The predicted octanol–water partition coefficient (Wildman–Crippen LogP) is 6.32. The number of methoxy groups -OCH3 is 1. The first-order chi connectivity index (χ1) is 9.51. The number of benzene rings is 2. The number of halogens is 4. The van der Waals surface area contributed by atoms with Gasteiger partial charge in [-0.3, -0.25) is 0 Å². The molecule has 2 rings (SSSR count). The minimum absolute atomic E-state index is 0.418. The molecule has 0 amide bonds. The first-order valence-electron chi connectivity index (χ1n) is 5.61. The van der Waals surface area contributed by atoms with E-state index < -0.39 is 0 Å². The fourth-order valence-electron chi connectivity index (χ4n) is 1.68. The summed E-state index contributed by atoms with van der Waals surface area (Å²) in [5.74, 6) is 1.56. The summed E-state index contributed by atoms with van der Waals surface area (Å²) >= 11 is 13.9. The molecule has 0 aromatic heterocycles. The first kappa shape index (κ1) is 16.3. The lowest BCUT2D eigenvalue weighted by atomic mass is 10.2. The van der Waals surface area contributed by atoms with Gasteiger partial charge in [0.05, 0.1) is 16.1 Å². The maximum atomic E-state index is 5.89. The summed E-state index contributed by atoms with van der Waals surface area (Å²) in [6, 6.07) is 9.72. The molecular formula is C14H10Br4O2. The number of rotatable bonds is 4. The van der Waals surface area contributed by atoms with Crippen molar-refractivity contribution in [3.63, 3.8) is 0 Å². The number of ether oxygens (including phenoxy) is 2. The number of hydrogen-bond acceptors (Lipinski definition) is 2. The summed E-state index contributed by atoms with van der Waals surface area (Å²) in [5, 5.41) is 0. The van der Waals surface area contributed by atoms with Crippen LogP contribution in [0.15, 0.2) is 48.2 Å². The topological polar surface area (TPSA) is 18.5 Å². The van der Waals surface area contributed by atoms with E-state index in [2.05, 4.69) is 63.7 Å². The maximum Gasteiger partial charge on any atom is 0.148 e. The molecule has 0 bridgehead atoms. The average molecular weight is 530 g/mol. The Bertz CT molecular complexity index is 606. The molecule has 6 heteroatoms. The molecule has 0 fully saturated rings. The Balaban J connectivity index is 2.23. The zero-order valence-corrected chi connectivity index (χ0v) is 16.8. The molecule has 0 aliphatic carbocycles. The third kappa shape index (κ3) is 4.00. The Morgan fingerprint density at radius 1 is 0.900 bits per heavy atom. The van der Waals surface area contributed by atoms with Crippen molar-refractivity contribution >= 4 is 63.7 Å². The third-order valence-electron chi connectivity index (χ3n) is 2.58. The van der Waals surface area contributed by atoms with Crippen LogP contribution in [-0.4, -0.2) is 7.11 Å². The van der Waals surface area contributed by atoms with Crippen LogP contribution in [0.4, 0.5) is 0 Å². The van der Waals surface area contributed by atoms with Crippen molar-refractivity contribution in [1.29, 1.82) is 0 Å². The van der Waals surface area contributed by atoms with Gasteiger partial charge in [-0.25, -0.2) is 0 Å². The van der Waals surface area contributed by atoms with Crippen molar-refractivity contribution in [2.45, 2.75) is 6.61 Å². The minimum atomic E-state index is 0.418. The predicted molar refractivity (Wildman–Crippen MR) is 94.6 cm³/mol. The fraction of sp³-hybridized carbons (Fsp3) is 0.143. The van der Waals surface area contributed by atoms with Crippen LogP contribution in [-0.2, 0) is 6.61 Å². The molecule has 2 nitrogen and oxygen atoms in total. The van der Waals surface area contributed by atoms with E-state index in [0.29, 0.717) is 6.61 Å². The molecule has 2 aromatic carbocycles. The van der Waals surface area contributed by atoms with Gasteiger partial charge in [-0.05, 0) is 62.2 Å². The van der Waals surface area contributed by atoms with E-state index >= 15 is 0 Å². The van der Waals surface area contributed by atoms with Crippen LogP contribution in [0, 0.1) is 0 Å². The van der Waals surface area contributed by atoms with Crippen molar-refractivity contribution in [3.05, 3.63) is 53.8 Å². The van der Waals surface area contributed by atoms with E-state index in [0.717, 1.165) is 35.0 Å². The Labute approximate surface area is 151 Å². The van der Waals surface area contributed by atoms with E-state index in [1.807, 2.05) is 30.3 Å². The van der Waals surface area contributed by atoms with Gasteiger partial charge >= 0.3 is 0 Å². The van der Waals surface area contributed by atoms with Crippen LogP contribution < -0.4 is 9.47 Å². The van der Waals surface area contributed by atoms with Crippen molar-refractivity contribution in [2.75, 3.05) is 7.11 Å². The van der Waals surface area contributed by atoms with Gasteiger partial charge in [-0.1, -0.05) is 31.9 Å². The van der Waals surface area contributed by atoms with Gasteiger partial charge in [-0.15, -0.1) is 0 Å². The zero-order chi connectivity index (χ0) is 14.7. The lowest BCUT2D eigenvalue weighted by molar-refractivity contribution is 0.293. The number of hydrogen-bond donors (Lipinski definition) is 0. The molecule has 2 aromatic rings. The second-order valence-corrected chi connectivity index (χ2v) is 7.48. The van der Waals surface area contributed by atoms with Crippen LogP contribution in [0.25, 0.3) is 0 Å². The molecule has 0 radical (unpaired) electrons. The Morgan fingerprint density at radius 2 is 1.55 bits per heavy atom. The lowest BCUT2D eigenvalue weighted by Gasteiger charge is -2.13. The smallest absolute Gasteiger partial charge is 0.148 e. The van der Waals surface area contributed by atoms with Gasteiger partial charge in [0.25, 0.3) is 0 Å². The van der Waals surface area contributed by atoms with Gasteiger partial charge in [0.15, 0.2) is 0 Å². The van der Waals surface area contributed by atoms with Crippen LogP contribution in [0.2, 0.25) is 0 Å². The monoisotopic (exact) mass is 526 g/mol. The molecule has 20 heavy (non-hydrogen) atoms. The maximum absolute atomic E-state index is 5.89. The van der Waals surface area contributed by atoms with E-state index in [4.69, 9.17) is 9.47 Å². The highest BCUT2D eigenvalue weighted by Crippen LogP contribution is 2.37. The van der Waals surface area contributed by atoms with Gasteiger partial charge in [-0.2, -0.15) is 0 Å². The standard InChI is InChI=1S/C14H10Br4O2/c1-19-13-3-2-9(15)4-8(13)7-20-14-11(17)5-10(16)6-12(14)18/h2-6H,7H2,1H3. The lowest BCUT2D eigenvalue weighted by Crippen LogP contribution is -2.00. The van der Waals surface area contributed by atoms with E-state index in [-0.39, 0.29) is 0 Å². The Morgan fingerprint density at radius 3 is 2.15 bits per heavy atom. The molecule has 0 unspecified atom stereocenters.